The Morgan fingerprint density at radius 3 is 2.32 bits per heavy atom. The van der Waals surface area contributed by atoms with Gasteiger partial charge in [-0.25, -0.2) is 4.79 Å². The van der Waals surface area contributed by atoms with Gasteiger partial charge in [-0.15, -0.1) is 0 Å². The SMILES string of the molecule is CC(=O)N[C@@H]1C[C@H](OC(C)=O)CC[C@]2(OC(C)=O)[C@@H]1OC(n1ccc(=O)[nH]c1=O)[C@@H]2OC(C)=O. The summed E-state index contributed by atoms with van der Waals surface area (Å²) >= 11 is 0. The van der Waals surface area contributed by atoms with Crippen molar-refractivity contribution in [3.63, 3.8) is 0 Å². The minimum atomic E-state index is -1.64. The molecule has 0 bridgehead atoms. The van der Waals surface area contributed by atoms with Gasteiger partial charge in [0.1, 0.15) is 12.2 Å². The Labute approximate surface area is 193 Å². The average molecular weight is 481 g/mol. The molecule has 1 aliphatic carbocycles. The van der Waals surface area contributed by atoms with E-state index in [4.69, 9.17) is 18.9 Å². The van der Waals surface area contributed by atoms with E-state index >= 15 is 0 Å². The zero-order valence-corrected chi connectivity index (χ0v) is 19.2. The Bertz CT molecular complexity index is 1090. The maximum Gasteiger partial charge on any atom is 0.330 e. The van der Waals surface area contributed by atoms with E-state index < -0.39 is 71.2 Å². The highest BCUT2D eigenvalue weighted by Gasteiger charge is 2.65. The van der Waals surface area contributed by atoms with Gasteiger partial charge in [0, 0.05) is 46.4 Å². The number of carbonyl (C=O) groups is 4. The van der Waals surface area contributed by atoms with E-state index in [1.54, 1.807) is 0 Å². The summed E-state index contributed by atoms with van der Waals surface area (Å²) in [7, 11) is 0. The summed E-state index contributed by atoms with van der Waals surface area (Å²) in [6, 6.07) is 0.245. The van der Waals surface area contributed by atoms with Gasteiger partial charge in [0.2, 0.25) is 5.91 Å². The standard InChI is InChI=1S/C21H27N3O10/c1-10(25)22-15-9-14(31-11(2)26)5-7-21(34-13(4)28)17(15)33-19(18(21)32-12(3)27)24-8-6-16(29)23-20(24)30/h6,8,14-15,17-19H,5,7,9H2,1-4H3,(H,22,25)(H,23,29,30)/t14-,15-,17-,18+,19?,21+/m1/s1. The molecule has 13 heteroatoms. The molecule has 0 radical (unpaired) electrons. The largest absolute Gasteiger partial charge is 0.462 e. The van der Waals surface area contributed by atoms with Crippen molar-refractivity contribution >= 4 is 23.8 Å². The van der Waals surface area contributed by atoms with Crippen molar-refractivity contribution in [2.75, 3.05) is 0 Å². The topological polar surface area (TPSA) is 172 Å². The van der Waals surface area contributed by atoms with Gasteiger partial charge in [-0.2, -0.15) is 0 Å². The van der Waals surface area contributed by atoms with Gasteiger partial charge in [-0.05, 0) is 12.8 Å². The van der Waals surface area contributed by atoms with Crippen LogP contribution in [0.15, 0.2) is 21.9 Å². The minimum absolute atomic E-state index is 0.0256. The van der Waals surface area contributed by atoms with Crippen LogP contribution in [-0.2, 0) is 38.1 Å². The molecule has 1 aromatic heterocycles. The number of nitrogens with zero attached hydrogens (tertiary/aromatic N) is 1. The van der Waals surface area contributed by atoms with Crippen LogP contribution in [0.2, 0.25) is 0 Å². The number of fused-ring (bicyclic) bond motifs is 1. The molecule has 2 heterocycles. The van der Waals surface area contributed by atoms with Crippen LogP contribution >= 0.6 is 0 Å². The molecule has 1 amide bonds. The molecule has 13 nitrogen and oxygen atoms in total. The lowest BCUT2D eigenvalue weighted by atomic mass is 9.85. The average Bonchev–Trinajstić information content (AvgIpc) is 2.90. The summed E-state index contributed by atoms with van der Waals surface area (Å²) in [5.74, 6) is -2.41. The van der Waals surface area contributed by atoms with E-state index in [0.717, 1.165) is 24.5 Å². The van der Waals surface area contributed by atoms with Crippen molar-refractivity contribution in [2.45, 2.75) is 83.1 Å². The van der Waals surface area contributed by atoms with Crippen molar-refractivity contribution in [2.24, 2.45) is 0 Å². The lowest BCUT2D eigenvalue weighted by Crippen LogP contribution is -2.58. The fourth-order valence-electron chi connectivity index (χ4n) is 4.72. The molecule has 1 aliphatic heterocycles. The third-order valence-corrected chi connectivity index (χ3v) is 5.72. The highest BCUT2D eigenvalue weighted by Crippen LogP contribution is 2.48. The van der Waals surface area contributed by atoms with E-state index in [2.05, 4.69) is 10.3 Å². The van der Waals surface area contributed by atoms with Gasteiger partial charge in [-0.3, -0.25) is 33.5 Å². The number of aromatic amines is 1. The third-order valence-electron chi connectivity index (χ3n) is 5.72. The smallest absolute Gasteiger partial charge is 0.330 e. The van der Waals surface area contributed by atoms with Crippen molar-refractivity contribution in [3.8, 4) is 0 Å². The third kappa shape index (κ3) is 5.19. The van der Waals surface area contributed by atoms with Gasteiger partial charge < -0.3 is 24.3 Å². The van der Waals surface area contributed by atoms with Gasteiger partial charge in [0.05, 0.1) is 6.04 Å². The zero-order valence-electron chi connectivity index (χ0n) is 19.2. The number of aromatic nitrogens is 2. The number of ether oxygens (including phenoxy) is 4. The summed E-state index contributed by atoms with van der Waals surface area (Å²) in [5.41, 5.74) is -3.12. The van der Waals surface area contributed by atoms with E-state index in [9.17, 15) is 28.8 Å². The molecule has 1 unspecified atom stereocenters. The van der Waals surface area contributed by atoms with Crippen LogP contribution in [0.5, 0.6) is 0 Å². The number of rotatable bonds is 5. The fourth-order valence-corrected chi connectivity index (χ4v) is 4.72. The van der Waals surface area contributed by atoms with Crippen molar-refractivity contribution in [1.82, 2.24) is 14.9 Å². The first-order valence-corrected chi connectivity index (χ1v) is 10.7. The van der Waals surface area contributed by atoms with Crippen LogP contribution in [0, 0.1) is 0 Å². The molecule has 186 valence electrons. The normalized spacial score (nSPS) is 30.4. The highest BCUT2D eigenvalue weighted by atomic mass is 16.7. The summed E-state index contributed by atoms with van der Waals surface area (Å²) in [4.78, 5) is 74.1. The lowest BCUT2D eigenvalue weighted by molar-refractivity contribution is -0.186. The first-order valence-electron chi connectivity index (χ1n) is 10.7. The summed E-state index contributed by atoms with van der Waals surface area (Å²) in [5, 5.41) is 2.73. The maximum absolute atomic E-state index is 12.5. The molecule has 1 aromatic rings. The second-order valence-corrected chi connectivity index (χ2v) is 8.36. The molecular weight excluding hydrogens is 454 g/mol. The molecule has 3 rings (SSSR count). The first-order chi connectivity index (χ1) is 15.9. The Hall–Kier alpha value is -3.48. The molecule has 34 heavy (non-hydrogen) atoms. The number of carbonyl (C=O) groups excluding carboxylic acids is 4. The van der Waals surface area contributed by atoms with Crippen molar-refractivity contribution < 1.29 is 38.1 Å². The molecule has 1 saturated carbocycles. The minimum Gasteiger partial charge on any atom is -0.462 e. The predicted molar refractivity (Wildman–Crippen MR) is 112 cm³/mol. The summed E-state index contributed by atoms with van der Waals surface area (Å²) in [6.45, 7) is 4.84. The molecular formula is C21H27N3O10. The van der Waals surface area contributed by atoms with Crippen molar-refractivity contribution in [3.05, 3.63) is 33.1 Å². The molecule has 0 spiro atoms. The van der Waals surface area contributed by atoms with E-state index in [1.165, 1.54) is 20.0 Å². The Morgan fingerprint density at radius 1 is 1.09 bits per heavy atom. The van der Waals surface area contributed by atoms with Crippen LogP contribution in [0.3, 0.4) is 0 Å². The number of amides is 1. The molecule has 2 fully saturated rings. The van der Waals surface area contributed by atoms with Gasteiger partial charge >= 0.3 is 23.6 Å². The molecule has 6 atom stereocenters. The van der Waals surface area contributed by atoms with Crippen molar-refractivity contribution in [1.29, 1.82) is 0 Å². The highest BCUT2D eigenvalue weighted by molar-refractivity contribution is 5.73. The Morgan fingerprint density at radius 2 is 1.76 bits per heavy atom. The summed E-state index contributed by atoms with van der Waals surface area (Å²) in [6.07, 6.45) is -2.85. The molecule has 2 aliphatic rings. The quantitative estimate of drug-likeness (QED) is 0.404. The van der Waals surface area contributed by atoms with E-state index in [0.29, 0.717) is 0 Å². The molecule has 2 N–H and O–H groups in total. The second-order valence-electron chi connectivity index (χ2n) is 8.36. The van der Waals surface area contributed by atoms with E-state index in [1.807, 2.05) is 0 Å². The maximum atomic E-state index is 12.5. The number of hydrogen-bond donors (Lipinski definition) is 2. The van der Waals surface area contributed by atoms with Crippen LogP contribution in [0.25, 0.3) is 0 Å². The van der Waals surface area contributed by atoms with Crippen LogP contribution in [0.4, 0.5) is 0 Å². The second kappa shape index (κ2) is 9.79. The summed E-state index contributed by atoms with van der Waals surface area (Å²) < 4.78 is 23.9. The Balaban J connectivity index is 2.17. The van der Waals surface area contributed by atoms with Crippen LogP contribution in [-0.4, -0.2) is 63.3 Å². The van der Waals surface area contributed by atoms with Crippen LogP contribution < -0.4 is 16.6 Å². The lowest BCUT2D eigenvalue weighted by Gasteiger charge is -2.38. The number of nitrogens with one attached hydrogen (secondary N) is 2. The first kappa shape index (κ1) is 25.1. The van der Waals surface area contributed by atoms with Gasteiger partial charge in [-0.1, -0.05) is 0 Å². The van der Waals surface area contributed by atoms with E-state index in [-0.39, 0.29) is 19.3 Å². The number of H-pyrrole nitrogens is 1. The molecule has 0 aromatic carbocycles. The fraction of sp³-hybridized carbons (Fsp3) is 0.619. The zero-order chi connectivity index (χ0) is 25.2. The Kier molecular flexibility index (Phi) is 7.24. The molecule has 1 saturated heterocycles. The number of hydrogen-bond acceptors (Lipinski definition) is 10. The van der Waals surface area contributed by atoms with Crippen LogP contribution in [0.1, 0.15) is 53.2 Å². The number of esters is 3. The monoisotopic (exact) mass is 481 g/mol. The predicted octanol–water partition coefficient (Wildman–Crippen LogP) is -0.712. The van der Waals surface area contributed by atoms with Gasteiger partial charge in [0.25, 0.3) is 5.56 Å². The van der Waals surface area contributed by atoms with Gasteiger partial charge in [0.15, 0.2) is 17.9 Å².